The number of hydrogen-bond acceptors (Lipinski definition) is 4. The van der Waals surface area contributed by atoms with E-state index in [0.29, 0.717) is 13.2 Å². The van der Waals surface area contributed by atoms with Gasteiger partial charge in [0.05, 0.1) is 12.7 Å². The molecule has 0 fully saturated rings. The van der Waals surface area contributed by atoms with Gasteiger partial charge in [0.2, 0.25) is 0 Å². The van der Waals surface area contributed by atoms with Crippen molar-refractivity contribution >= 4 is 18.5 Å². The van der Waals surface area contributed by atoms with E-state index in [4.69, 9.17) is 26.0 Å². The maximum atomic E-state index is 9.77. The van der Waals surface area contributed by atoms with Crippen LogP contribution in [-0.2, 0) is 20.9 Å². The first-order valence-corrected chi connectivity index (χ1v) is 12.8. The van der Waals surface area contributed by atoms with Gasteiger partial charge in [-0.3, -0.25) is 0 Å². The van der Waals surface area contributed by atoms with Crippen LogP contribution >= 0.6 is 6.72 Å². The summed E-state index contributed by atoms with van der Waals surface area (Å²) in [5.74, 6) is 0. The topological polar surface area (TPSA) is 58.9 Å². The van der Waals surface area contributed by atoms with Gasteiger partial charge in [-0.25, -0.2) is 0 Å². The molecule has 0 aliphatic heterocycles. The van der Waals surface area contributed by atoms with Crippen LogP contribution in [0.1, 0.15) is 104 Å². The van der Waals surface area contributed by atoms with E-state index in [9.17, 15) is 4.89 Å². The molecule has 0 amide bonds. The zero-order valence-electron chi connectivity index (χ0n) is 16.5. The molecule has 0 aromatic carbocycles. The quantitative estimate of drug-likeness (QED) is 0.204. The molecule has 0 aromatic rings. The minimum absolute atomic E-state index is 0.0953. The highest BCUT2D eigenvalue weighted by Gasteiger charge is 2.16. The van der Waals surface area contributed by atoms with Gasteiger partial charge in [0, 0.05) is 6.61 Å². The third kappa shape index (κ3) is 20.7. The molecule has 4 nitrogen and oxygen atoms in total. The van der Waals surface area contributed by atoms with Gasteiger partial charge in [-0.2, -0.15) is 0 Å². The SMILES string of the molecule is CC(C)OP(O)(=S)OCCCCCCCCCCCCCCCCO. The molecule has 0 aliphatic carbocycles. The van der Waals surface area contributed by atoms with Gasteiger partial charge in [0.15, 0.2) is 0 Å². The smallest absolute Gasteiger partial charge is 0.324 e. The highest BCUT2D eigenvalue weighted by Crippen LogP contribution is 2.45. The lowest BCUT2D eigenvalue weighted by molar-refractivity contribution is 0.160. The second kappa shape index (κ2) is 17.9. The summed E-state index contributed by atoms with van der Waals surface area (Å²) < 4.78 is 10.5. The molecule has 0 aliphatic rings. The van der Waals surface area contributed by atoms with E-state index in [1.807, 2.05) is 13.8 Å². The Morgan fingerprint density at radius 3 is 1.44 bits per heavy atom. The fraction of sp³-hybridized carbons (Fsp3) is 1.00. The standard InChI is InChI=1S/C19H41O4PS/c1-19(2)23-24(21,25)22-18-16-14-12-10-8-6-4-3-5-7-9-11-13-15-17-20/h19-20H,3-18H2,1-2H3,(H,21,25). The molecule has 1 unspecified atom stereocenters. The Bertz CT molecular complexity index is 327. The van der Waals surface area contributed by atoms with Crippen molar-refractivity contribution in [3.8, 4) is 0 Å². The van der Waals surface area contributed by atoms with E-state index in [-0.39, 0.29) is 6.10 Å². The van der Waals surface area contributed by atoms with Gasteiger partial charge in [0.1, 0.15) is 0 Å². The Morgan fingerprint density at radius 1 is 0.720 bits per heavy atom. The van der Waals surface area contributed by atoms with Gasteiger partial charge >= 0.3 is 6.72 Å². The second-order valence-corrected chi connectivity index (χ2v) is 9.92. The predicted octanol–water partition coefficient (Wildman–Crippen LogP) is 6.10. The zero-order chi connectivity index (χ0) is 18.8. The van der Waals surface area contributed by atoms with E-state index >= 15 is 0 Å². The Balaban J connectivity index is 3.18. The first kappa shape index (κ1) is 25.5. The molecule has 0 radical (unpaired) electrons. The van der Waals surface area contributed by atoms with Gasteiger partial charge in [0.25, 0.3) is 0 Å². The van der Waals surface area contributed by atoms with Crippen LogP contribution in [0.25, 0.3) is 0 Å². The summed E-state index contributed by atoms with van der Waals surface area (Å²) in [4.78, 5) is 9.77. The first-order valence-electron chi connectivity index (χ1n) is 10.2. The summed E-state index contributed by atoms with van der Waals surface area (Å²) in [5.41, 5.74) is 0. The predicted molar refractivity (Wildman–Crippen MR) is 110 cm³/mol. The van der Waals surface area contributed by atoms with Crippen molar-refractivity contribution in [2.24, 2.45) is 0 Å². The van der Waals surface area contributed by atoms with Crippen LogP contribution in [0, 0.1) is 0 Å². The third-order valence-corrected chi connectivity index (χ3v) is 5.92. The summed E-state index contributed by atoms with van der Waals surface area (Å²) in [6.07, 6.45) is 17.4. The van der Waals surface area contributed by atoms with Crippen LogP contribution in [0.3, 0.4) is 0 Å². The van der Waals surface area contributed by atoms with Crippen LogP contribution < -0.4 is 0 Å². The summed E-state index contributed by atoms with van der Waals surface area (Å²) >= 11 is 4.94. The van der Waals surface area contributed by atoms with Crippen molar-refractivity contribution in [3.05, 3.63) is 0 Å². The monoisotopic (exact) mass is 396 g/mol. The molecule has 2 N–H and O–H groups in total. The molecule has 0 saturated carbocycles. The minimum atomic E-state index is -3.01. The van der Waals surface area contributed by atoms with Crippen LogP contribution in [0.4, 0.5) is 0 Å². The fourth-order valence-corrected chi connectivity index (χ4v) is 4.51. The van der Waals surface area contributed by atoms with E-state index in [0.717, 1.165) is 19.3 Å². The minimum Gasteiger partial charge on any atom is -0.396 e. The van der Waals surface area contributed by atoms with Crippen molar-refractivity contribution in [3.63, 3.8) is 0 Å². The number of rotatable bonds is 19. The van der Waals surface area contributed by atoms with Crippen LogP contribution in [0.2, 0.25) is 0 Å². The molecular weight excluding hydrogens is 355 g/mol. The van der Waals surface area contributed by atoms with Crippen molar-refractivity contribution in [2.45, 2.75) is 110 Å². The summed E-state index contributed by atoms with van der Waals surface area (Å²) in [6.45, 7) is 1.52. The average Bonchev–Trinajstić information content (AvgIpc) is 2.53. The van der Waals surface area contributed by atoms with E-state index < -0.39 is 6.72 Å². The van der Waals surface area contributed by atoms with Crippen LogP contribution in [-0.4, -0.2) is 29.3 Å². The van der Waals surface area contributed by atoms with Gasteiger partial charge in [-0.05, 0) is 38.5 Å². The summed E-state index contributed by atoms with van der Waals surface area (Å²) in [5, 5.41) is 8.71. The molecule has 0 heterocycles. The fourth-order valence-electron chi connectivity index (χ4n) is 2.81. The Hall–Kier alpha value is 0.490. The van der Waals surface area contributed by atoms with Gasteiger partial charge in [-0.15, -0.1) is 0 Å². The molecule has 6 heteroatoms. The van der Waals surface area contributed by atoms with Gasteiger partial charge < -0.3 is 19.0 Å². The van der Waals surface area contributed by atoms with E-state index in [1.54, 1.807) is 0 Å². The van der Waals surface area contributed by atoms with Gasteiger partial charge in [-0.1, -0.05) is 77.0 Å². The molecule has 0 aromatic heterocycles. The van der Waals surface area contributed by atoms with Crippen molar-refractivity contribution in [1.82, 2.24) is 0 Å². The lowest BCUT2D eigenvalue weighted by Crippen LogP contribution is -2.03. The lowest BCUT2D eigenvalue weighted by atomic mass is 10.0. The Morgan fingerprint density at radius 2 is 1.08 bits per heavy atom. The number of aliphatic hydroxyl groups excluding tert-OH is 1. The van der Waals surface area contributed by atoms with Crippen molar-refractivity contribution in [1.29, 1.82) is 0 Å². The molecule has 0 saturated heterocycles. The Kier molecular flexibility index (Phi) is 18.2. The molecule has 0 bridgehead atoms. The highest BCUT2D eigenvalue weighted by molar-refractivity contribution is 8.07. The second-order valence-electron chi connectivity index (χ2n) is 7.13. The number of aliphatic hydroxyl groups is 1. The number of unbranched alkanes of at least 4 members (excludes halogenated alkanes) is 13. The maximum Gasteiger partial charge on any atom is 0.324 e. The van der Waals surface area contributed by atoms with Crippen molar-refractivity contribution < 1.29 is 19.0 Å². The molecule has 152 valence electrons. The largest absolute Gasteiger partial charge is 0.396 e. The number of hydrogen-bond donors (Lipinski definition) is 2. The molecular formula is C19H41O4PS. The van der Waals surface area contributed by atoms with Crippen LogP contribution in [0.15, 0.2) is 0 Å². The van der Waals surface area contributed by atoms with E-state index in [1.165, 1.54) is 70.6 Å². The van der Waals surface area contributed by atoms with E-state index in [2.05, 4.69) is 0 Å². The Labute approximate surface area is 161 Å². The zero-order valence-corrected chi connectivity index (χ0v) is 18.2. The van der Waals surface area contributed by atoms with Crippen molar-refractivity contribution in [2.75, 3.05) is 13.2 Å². The first-order chi connectivity index (χ1) is 12.0. The molecule has 0 spiro atoms. The molecule has 0 rings (SSSR count). The average molecular weight is 397 g/mol. The normalized spacial score (nSPS) is 14.1. The lowest BCUT2D eigenvalue weighted by Gasteiger charge is -2.17. The van der Waals surface area contributed by atoms with Crippen LogP contribution in [0.5, 0.6) is 0 Å². The molecule has 25 heavy (non-hydrogen) atoms. The highest BCUT2D eigenvalue weighted by atomic mass is 32.5. The third-order valence-electron chi connectivity index (χ3n) is 4.15. The maximum absolute atomic E-state index is 9.77. The summed E-state index contributed by atoms with van der Waals surface area (Å²) in [7, 11) is 0. The summed E-state index contributed by atoms with van der Waals surface area (Å²) in [6, 6.07) is 0. The molecule has 1 atom stereocenters.